The zero-order valence-corrected chi connectivity index (χ0v) is 8.63. The highest BCUT2D eigenvalue weighted by Crippen LogP contribution is 2.30. The maximum atomic E-state index is 10.8. The number of aromatic nitrogens is 1. The van der Waals surface area contributed by atoms with E-state index in [4.69, 9.17) is 21.4 Å². The molecule has 0 unspecified atom stereocenters. The molecule has 0 radical (unpaired) electrons. The van der Waals surface area contributed by atoms with Crippen LogP contribution in [0.25, 0.3) is 10.9 Å². The number of hydrogen-bond donors (Lipinski definition) is 2. The molecular weight excluding hydrogens is 218 g/mol. The topological polar surface area (TPSA) is 62.3 Å². The van der Waals surface area contributed by atoms with Crippen LogP contribution in [0.4, 0.5) is 0 Å². The smallest absolute Gasteiger partial charge is 0.353 e. The molecule has 1 aromatic carbocycles. The van der Waals surface area contributed by atoms with E-state index in [0.29, 0.717) is 16.7 Å². The van der Waals surface area contributed by atoms with Crippen LogP contribution in [-0.2, 0) is 0 Å². The summed E-state index contributed by atoms with van der Waals surface area (Å²) in [6.07, 6.45) is 0. The lowest BCUT2D eigenvalue weighted by molar-refractivity contribution is 0.0691. The molecule has 1 heterocycles. The van der Waals surface area contributed by atoms with Crippen LogP contribution in [0.5, 0.6) is 5.75 Å². The summed E-state index contributed by atoms with van der Waals surface area (Å²) in [5, 5.41) is 9.70. The van der Waals surface area contributed by atoms with E-state index in [0.717, 1.165) is 0 Å². The highest BCUT2D eigenvalue weighted by Gasteiger charge is 2.15. The monoisotopic (exact) mass is 225 g/mol. The summed E-state index contributed by atoms with van der Waals surface area (Å²) in [6.45, 7) is 0. The Kier molecular flexibility index (Phi) is 2.28. The van der Waals surface area contributed by atoms with Crippen LogP contribution in [0.1, 0.15) is 10.5 Å². The maximum absolute atomic E-state index is 10.8. The molecule has 2 N–H and O–H groups in total. The second kappa shape index (κ2) is 3.47. The number of aromatic amines is 1. The van der Waals surface area contributed by atoms with Gasteiger partial charge >= 0.3 is 5.97 Å². The summed E-state index contributed by atoms with van der Waals surface area (Å²) >= 11 is 5.91. The second-order valence-electron chi connectivity index (χ2n) is 3.03. The molecule has 0 fully saturated rings. The third-order valence-corrected chi connectivity index (χ3v) is 2.55. The van der Waals surface area contributed by atoms with Crippen molar-refractivity contribution in [2.45, 2.75) is 0 Å². The molecule has 0 aliphatic rings. The van der Waals surface area contributed by atoms with Gasteiger partial charge < -0.3 is 14.8 Å². The van der Waals surface area contributed by atoms with E-state index in [1.807, 2.05) is 0 Å². The third-order valence-electron chi connectivity index (χ3n) is 2.16. The lowest BCUT2D eigenvalue weighted by Gasteiger charge is -1.98. The standard InChI is InChI=1S/C10H8ClNO3/c1-15-5-2-3-7-6(4-5)8(11)9(12-7)10(13)14/h2-4,12H,1H3,(H,13,14). The summed E-state index contributed by atoms with van der Waals surface area (Å²) in [7, 11) is 1.54. The fourth-order valence-electron chi connectivity index (χ4n) is 1.41. The molecule has 78 valence electrons. The number of carboxylic acids is 1. The maximum Gasteiger partial charge on any atom is 0.353 e. The van der Waals surface area contributed by atoms with Crippen LogP contribution in [0.3, 0.4) is 0 Å². The van der Waals surface area contributed by atoms with Crippen LogP contribution in [0.15, 0.2) is 18.2 Å². The molecule has 0 aliphatic carbocycles. The number of carbonyl (C=O) groups is 1. The van der Waals surface area contributed by atoms with Gasteiger partial charge in [-0.3, -0.25) is 0 Å². The van der Waals surface area contributed by atoms with E-state index < -0.39 is 5.97 Å². The molecule has 0 spiro atoms. The van der Waals surface area contributed by atoms with Crippen molar-refractivity contribution in [3.63, 3.8) is 0 Å². The van der Waals surface area contributed by atoms with Gasteiger partial charge in [0.05, 0.1) is 12.1 Å². The average Bonchev–Trinajstić information content (AvgIpc) is 2.56. The number of aromatic carboxylic acids is 1. The molecule has 0 saturated carbocycles. The highest BCUT2D eigenvalue weighted by atomic mass is 35.5. The number of benzene rings is 1. The number of carboxylic acid groups (broad SMARTS) is 1. The van der Waals surface area contributed by atoms with Gasteiger partial charge in [-0.25, -0.2) is 4.79 Å². The number of fused-ring (bicyclic) bond motifs is 1. The quantitative estimate of drug-likeness (QED) is 0.826. The van der Waals surface area contributed by atoms with E-state index in [1.54, 1.807) is 25.3 Å². The number of rotatable bonds is 2. The highest BCUT2D eigenvalue weighted by molar-refractivity contribution is 6.38. The number of hydrogen-bond acceptors (Lipinski definition) is 2. The number of ether oxygens (including phenoxy) is 1. The molecule has 0 amide bonds. The molecular formula is C10H8ClNO3. The lowest BCUT2D eigenvalue weighted by atomic mass is 10.2. The average molecular weight is 226 g/mol. The molecule has 0 atom stereocenters. The van der Waals surface area contributed by atoms with Crippen molar-refractivity contribution in [3.8, 4) is 5.75 Å². The predicted octanol–water partition coefficient (Wildman–Crippen LogP) is 2.53. The molecule has 2 rings (SSSR count). The van der Waals surface area contributed by atoms with Gasteiger partial charge in [0.2, 0.25) is 0 Å². The van der Waals surface area contributed by atoms with Crippen molar-refractivity contribution in [2.24, 2.45) is 0 Å². The van der Waals surface area contributed by atoms with Crippen LogP contribution >= 0.6 is 11.6 Å². The van der Waals surface area contributed by atoms with Crippen molar-refractivity contribution in [1.82, 2.24) is 4.98 Å². The lowest BCUT2D eigenvalue weighted by Crippen LogP contribution is -1.96. The van der Waals surface area contributed by atoms with Crippen LogP contribution in [-0.4, -0.2) is 23.2 Å². The minimum Gasteiger partial charge on any atom is -0.497 e. The minimum atomic E-state index is -1.07. The van der Waals surface area contributed by atoms with Gasteiger partial charge in [0, 0.05) is 10.9 Å². The Morgan fingerprint density at radius 1 is 1.53 bits per heavy atom. The molecule has 0 saturated heterocycles. The van der Waals surface area contributed by atoms with Crippen LogP contribution < -0.4 is 4.74 Å². The normalized spacial score (nSPS) is 10.5. The zero-order valence-electron chi connectivity index (χ0n) is 7.87. The fraction of sp³-hybridized carbons (Fsp3) is 0.100. The van der Waals surface area contributed by atoms with Gasteiger partial charge in [0.25, 0.3) is 0 Å². The van der Waals surface area contributed by atoms with Crippen molar-refractivity contribution >= 4 is 28.5 Å². The largest absolute Gasteiger partial charge is 0.497 e. The molecule has 5 heteroatoms. The first kappa shape index (κ1) is 9.86. The van der Waals surface area contributed by atoms with Crippen molar-refractivity contribution < 1.29 is 14.6 Å². The Morgan fingerprint density at radius 2 is 2.27 bits per heavy atom. The third kappa shape index (κ3) is 1.53. The Hall–Kier alpha value is -1.68. The van der Waals surface area contributed by atoms with Gasteiger partial charge in [-0.1, -0.05) is 11.6 Å². The number of methoxy groups -OCH3 is 1. The first-order chi connectivity index (χ1) is 7.13. The minimum absolute atomic E-state index is 0.0000743. The summed E-state index contributed by atoms with van der Waals surface area (Å²) in [5.74, 6) is -0.435. The van der Waals surface area contributed by atoms with E-state index >= 15 is 0 Å². The Morgan fingerprint density at radius 3 is 2.87 bits per heavy atom. The van der Waals surface area contributed by atoms with Crippen molar-refractivity contribution in [1.29, 1.82) is 0 Å². The molecule has 0 bridgehead atoms. The van der Waals surface area contributed by atoms with Gasteiger partial charge in [0.15, 0.2) is 0 Å². The van der Waals surface area contributed by atoms with Crippen LogP contribution in [0, 0.1) is 0 Å². The molecule has 4 nitrogen and oxygen atoms in total. The predicted molar refractivity (Wildman–Crippen MR) is 56.8 cm³/mol. The Balaban J connectivity index is 2.72. The van der Waals surface area contributed by atoms with Gasteiger partial charge in [0.1, 0.15) is 11.4 Å². The SMILES string of the molecule is COc1ccc2[nH]c(C(=O)O)c(Cl)c2c1. The van der Waals surface area contributed by atoms with E-state index in [2.05, 4.69) is 4.98 Å². The van der Waals surface area contributed by atoms with Gasteiger partial charge in [-0.2, -0.15) is 0 Å². The fourth-order valence-corrected chi connectivity index (χ4v) is 1.70. The summed E-state index contributed by atoms with van der Waals surface area (Å²) in [6, 6.07) is 5.16. The zero-order chi connectivity index (χ0) is 11.0. The Bertz CT molecular complexity index is 533. The molecule has 0 aliphatic heterocycles. The van der Waals surface area contributed by atoms with Gasteiger partial charge in [-0.05, 0) is 18.2 Å². The molecule has 2 aromatic rings. The summed E-state index contributed by atoms with van der Waals surface area (Å²) in [4.78, 5) is 13.5. The van der Waals surface area contributed by atoms with E-state index in [9.17, 15) is 4.79 Å². The van der Waals surface area contributed by atoms with Gasteiger partial charge in [-0.15, -0.1) is 0 Å². The number of halogens is 1. The Labute approximate surface area is 90.4 Å². The van der Waals surface area contributed by atoms with Crippen LogP contribution in [0.2, 0.25) is 5.02 Å². The van der Waals surface area contributed by atoms with Crippen molar-refractivity contribution in [3.05, 3.63) is 28.9 Å². The van der Waals surface area contributed by atoms with E-state index in [1.165, 1.54) is 0 Å². The first-order valence-electron chi connectivity index (χ1n) is 4.22. The van der Waals surface area contributed by atoms with Crippen molar-refractivity contribution in [2.75, 3.05) is 7.11 Å². The first-order valence-corrected chi connectivity index (χ1v) is 4.60. The summed E-state index contributed by atoms with van der Waals surface area (Å²) in [5.41, 5.74) is 0.679. The number of nitrogens with one attached hydrogen (secondary N) is 1. The second-order valence-corrected chi connectivity index (χ2v) is 3.41. The molecule has 1 aromatic heterocycles. The van der Waals surface area contributed by atoms with E-state index in [-0.39, 0.29) is 10.7 Å². The summed E-state index contributed by atoms with van der Waals surface area (Å²) < 4.78 is 5.03. The molecule has 15 heavy (non-hydrogen) atoms. The number of H-pyrrole nitrogens is 1.